The third-order valence-corrected chi connectivity index (χ3v) is 5.82. The molecule has 1 aliphatic rings. The zero-order valence-corrected chi connectivity index (χ0v) is 20.2. The van der Waals surface area contributed by atoms with Crippen LogP contribution in [0.5, 0.6) is 11.5 Å². The van der Waals surface area contributed by atoms with Gasteiger partial charge in [-0.25, -0.2) is 0 Å². The summed E-state index contributed by atoms with van der Waals surface area (Å²) in [4.78, 5) is 28.0. The molecule has 0 spiro atoms. The van der Waals surface area contributed by atoms with E-state index in [1.807, 2.05) is 44.2 Å². The van der Waals surface area contributed by atoms with E-state index < -0.39 is 11.8 Å². The van der Waals surface area contributed by atoms with Crippen molar-refractivity contribution in [2.24, 2.45) is 0 Å². The molecule has 0 aromatic heterocycles. The molecule has 0 radical (unpaired) electrons. The van der Waals surface area contributed by atoms with Crippen molar-refractivity contribution in [3.05, 3.63) is 76.9 Å². The Morgan fingerprint density at radius 3 is 2.24 bits per heavy atom. The van der Waals surface area contributed by atoms with E-state index in [9.17, 15) is 9.59 Å². The highest BCUT2D eigenvalue weighted by Gasteiger charge is 2.35. The second kappa shape index (κ2) is 10.4. The molecule has 1 heterocycles. The van der Waals surface area contributed by atoms with E-state index in [0.29, 0.717) is 36.7 Å². The molecule has 3 rings (SSSR count). The molecule has 0 atom stereocenters. The summed E-state index contributed by atoms with van der Waals surface area (Å²) in [6.45, 7) is 8.60. The van der Waals surface area contributed by atoms with Crippen LogP contribution in [0.1, 0.15) is 29.2 Å². The Bertz CT molecular complexity index is 1100. The maximum Gasteiger partial charge on any atom is 0.265 e. The molecular weight excluding hydrogens is 436 g/mol. The smallest absolute Gasteiger partial charge is 0.265 e. The number of hydrogen-bond acceptors (Lipinski definition) is 5. The summed E-state index contributed by atoms with van der Waals surface area (Å²) in [6.07, 6.45) is 3.88. The molecule has 33 heavy (non-hydrogen) atoms. The van der Waals surface area contributed by atoms with E-state index in [-0.39, 0.29) is 10.7 Å². The van der Waals surface area contributed by atoms with Crippen LogP contribution in [0, 0.1) is 6.92 Å². The fraction of sp³-hybridized carbons (Fsp3) is 0.269. The highest BCUT2D eigenvalue weighted by atomic mass is 32.1. The molecule has 1 aliphatic heterocycles. The van der Waals surface area contributed by atoms with Crippen molar-refractivity contribution in [3.8, 4) is 11.5 Å². The highest BCUT2D eigenvalue weighted by Crippen LogP contribution is 2.35. The Morgan fingerprint density at radius 1 is 1.03 bits per heavy atom. The zero-order chi connectivity index (χ0) is 24.1. The summed E-state index contributed by atoms with van der Waals surface area (Å²) in [7, 11) is 3.11. The number of ether oxygens (including phenoxy) is 2. The monoisotopic (exact) mass is 464 g/mol. The normalized spacial score (nSPS) is 13.9. The van der Waals surface area contributed by atoms with Gasteiger partial charge in [0, 0.05) is 19.7 Å². The molecule has 0 saturated carbocycles. The minimum atomic E-state index is -0.439. The van der Waals surface area contributed by atoms with Crippen LogP contribution in [0.3, 0.4) is 0 Å². The highest BCUT2D eigenvalue weighted by molar-refractivity contribution is 7.80. The number of benzene rings is 2. The van der Waals surface area contributed by atoms with Gasteiger partial charge in [0.1, 0.15) is 12.2 Å². The van der Waals surface area contributed by atoms with Crippen LogP contribution in [0.4, 0.5) is 0 Å². The Hall–Kier alpha value is -3.45. The maximum atomic E-state index is 12.7. The van der Waals surface area contributed by atoms with Gasteiger partial charge in [0.2, 0.25) is 0 Å². The maximum absolute atomic E-state index is 12.7. The lowest BCUT2D eigenvalue weighted by Crippen LogP contribution is -2.52. The zero-order valence-electron chi connectivity index (χ0n) is 19.4. The molecule has 0 unspecified atom stereocenters. The standard InChI is InChI=1S/C26H28N2O4S/c1-6-8-20-13-19(14-21-24(29)27(4)26(33)28(5)25(21)30)15-22(31-7-2)23(20)32-16-18-11-9-17(3)10-12-18/h6,9-15H,1,7-8,16H2,2-5H3. The topological polar surface area (TPSA) is 59.1 Å². The van der Waals surface area contributed by atoms with Gasteiger partial charge in [0.05, 0.1) is 6.61 Å². The number of carbonyl (C=O) groups is 2. The molecule has 0 aliphatic carbocycles. The van der Waals surface area contributed by atoms with E-state index in [0.717, 1.165) is 11.1 Å². The summed E-state index contributed by atoms with van der Waals surface area (Å²) in [5.41, 5.74) is 3.77. The molecule has 0 bridgehead atoms. The van der Waals surface area contributed by atoms with Gasteiger partial charge in [-0.3, -0.25) is 19.4 Å². The van der Waals surface area contributed by atoms with Gasteiger partial charge in [0.25, 0.3) is 11.8 Å². The van der Waals surface area contributed by atoms with Gasteiger partial charge in [-0.2, -0.15) is 0 Å². The van der Waals surface area contributed by atoms with Crippen molar-refractivity contribution in [1.29, 1.82) is 0 Å². The van der Waals surface area contributed by atoms with Crippen molar-refractivity contribution in [2.45, 2.75) is 26.9 Å². The van der Waals surface area contributed by atoms with Crippen LogP contribution in [-0.4, -0.2) is 47.4 Å². The number of nitrogens with zero attached hydrogens (tertiary/aromatic N) is 2. The van der Waals surface area contributed by atoms with Crippen LogP contribution in [0.2, 0.25) is 0 Å². The Kier molecular flexibility index (Phi) is 7.66. The first-order valence-electron chi connectivity index (χ1n) is 10.7. The van der Waals surface area contributed by atoms with Gasteiger partial charge in [-0.1, -0.05) is 35.9 Å². The Labute approximate surface area is 200 Å². The number of rotatable bonds is 8. The van der Waals surface area contributed by atoms with E-state index in [1.165, 1.54) is 15.4 Å². The van der Waals surface area contributed by atoms with Crippen molar-refractivity contribution in [2.75, 3.05) is 20.7 Å². The lowest BCUT2D eigenvalue weighted by molar-refractivity contribution is -0.132. The minimum absolute atomic E-state index is 0.0360. The molecule has 0 N–H and O–H groups in total. The van der Waals surface area contributed by atoms with E-state index >= 15 is 0 Å². The first-order valence-corrected chi connectivity index (χ1v) is 11.1. The van der Waals surface area contributed by atoms with Crippen molar-refractivity contribution >= 4 is 35.2 Å². The SMILES string of the molecule is C=CCc1cc(C=C2C(=O)N(C)C(=S)N(C)C2=O)cc(OCC)c1OCc1ccc(C)cc1. The molecule has 1 fully saturated rings. The predicted octanol–water partition coefficient (Wildman–Crippen LogP) is 4.30. The first kappa shape index (κ1) is 24.2. The van der Waals surface area contributed by atoms with Gasteiger partial charge in [-0.15, -0.1) is 6.58 Å². The average Bonchev–Trinajstić information content (AvgIpc) is 2.80. The number of likely N-dealkylation sites (N-methyl/N-ethyl adjacent to an activating group) is 2. The molecule has 2 aromatic rings. The molecule has 1 saturated heterocycles. The molecule has 7 heteroatoms. The fourth-order valence-corrected chi connectivity index (χ4v) is 3.65. The molecule has 2 amide bonds. The second-order valence-electron chi connectivity index (χ2n) is 7.78. The number of thiocarbonyl (C=S) groups is 1. The summed E-state index contributed by atoms with van der Waals surface area (Å²) in [6, 6.07) is 11.8. The lowest BCUT2D eigenvalue weighted by atomic mass is 10.0. The van der Waals surface area contributed by atoms with Gasteiger partial charge < -0.3 is 9.47 Å². The molecule has 2 aromatic carbocycles. The molecule has 172 valence electrons. The van der Waals surface area contributed by atoms with Crippen molar-refractivity contribution < 1.29 is 19.1 Å². The van der Waals surface area contributed by atoms with E-state index in [4.69, 9.17) is 21.7 Å². The summed E-state index contributed by atoms with van der Waals surface area (Å²) in [5, 5.41) is 0.171. The third-order valence-electron chi connectivity index (χ3n) is 5.28. The second-order valence-corrected chi connectivity index (χ2v) is 8.14. The van der Waals surface area contributed by atoms with Gasteiger partial charge in [0.15, 0.2) is 16.6 Å². The summed E-state index contributed by atoms with van der Waals surface area (Å²) >= 11 is 5.16. The number of amides is 2. The lowest BCUT2D eigenvalue weighted by Gasteiger charge is -2.31. The number of hydrogen-bond donors (Lipinski definition) is 0. The first-order chi connectivity index (χ1) is 15.8. The van der Waals surface area contributed by atoms with Crippen molar-refractivity contribution in [1.82, 2.24) is 9.80 Å². The quantitative estimate of drug-likeness (QED) is 0.252. The minimum Gasteiger partial charge on any atom is -0.490 e. The Balaban J connectivity index is 2.01. The third kappa shape index (κ3) is 5.31. The van der Waals surface area contributed by atoms with Crippen LogP contribution in [0.15, 0.2) is 54.6 Å². The van der Waals surface area contributed by atoms with Gasteiger partial charge >= 0.3 is 0 Å². The number of allylic oxidation sites excluding steroid dienone is 1. The van der Waals surface area contributed by atoms with Crippen LogP contribution >= 0.6 is 12.2 Å². The number of aryl methyl sites for hydroxylation is 1. The van der Waals surface area contributed by atoms with Gasteiger partial charge in [-0.05, 0) is 61.8 Å². The fourth-order valence-electron chi connectivity index (χ4n) is 3.48. The summed E-state index contributed by atoms with van der Waals surface area (Å²) < 4.78 is 12.0. The van der Waals surface area contributed by atoms with Crippen LogP contribution < -0.4 is 9.47 Å². The molecular formula is C26H28N2O4S. The molecule has 6 nitrogen and oxygen atoms in total. The van der Waals surface area contributed by atoms with E-state index in [2.05, 4.69) is 6.58 Å². The van der Waals surface area contributed by atoms with Crippen LogP contribution in [-0.2, 0) is 22.6 Å². The predicted molar refractivity (Wildman–Crippen MR) is 133 cm³/mol. The number of carbonyl (C=O) groups excluding carboxylic acids is 2. The summed E-state index contributed by atoms with van der Waals surface area (Å²) in [5.74, 6) is 0.289. The largest absolute Gasteiger partial charge is 0.490 e. The average molecular weight is 465 g/mol. The Morgan fingerprint density at radius 2 is 1.67 bits per heavy atom. The van der Waals surface area contributed by atoms with E-state index in [1.54, 1.807) is 32.3 Å². The van der Waals surface area contributed by atoms with Crippen molar-refractivity contribution in [3.63, 3.8) is 0 Å². The van der Waals surface area contributed by atoms with Crippen LogP contribution in [0.25, 0.3) is 6.08 Å².